The van der Waals surface area contributed by atoms with E-state index in [-0.39, 0.29) is 0 Å². The number of hydrogen-bond acceptors (Lipinski definition) is 2. The average Bonchev–Trinajstić information content (AvgIpc) is 2.62. The third-order valence-electron chi connectivity index (χ3n) is 5.17. The Labute approximate surface area is 139 Å². The van der Waals surface area contributed by atoms with Gasteiger partial charge in [-0.3, -0.25) is 0 Å². The van der Waals surface area contributed by atoms with Crippen LogP contribution in [0.4, 0.5) is 0 Å². The van der Waals surface area contributed by atoms with Crippen LogP contribution in [0.5, 0.6) is 0 Å². The number of piperidine rings is 1. The number of hydrogen-bond donors (Lipinski definition) is 1. The topological polar surface area (TPSA) is 23.5 Å². The molecule has 1 heterocycles. The summed E-state index contributed by atoms with van der Waals surface area (Å²) in [4.78, 5) is 2.50. The fraction of sp³-hybridized carbons (Fsp3) is 0.429. The molecule has 122 valence electrons. The summed E-state index contributed by atoms with van der Waals surface area (Å²) in [6.07, 6.45) is 3.28. The van der Waals surface area contributed by atoms with E-state index in [1.165, 1.54) is 12.8 Å². The van der Waals surface area contributed by atoms with E-state index in [1.54, 1.807) is 0 Å². The summed E-state index contributed by atoms with van der Waals surface area (Å²) >= 11 is 0. The van der Waals surface area contributed by atoms with E-state index < -0.39 is 5.60 Å². The fourth-order valence-electron chi connectivity index (χ4n) is 3.49. The first-order valence-electron chi connectivity index (χ1n) is 8.74. The molecular weight excluding hydrogens is 282 g/mol. The first-order valence-corrected chi connectivity index (χ1v) is 8.74. The largest absolute Gasteiger partial charge is 0.380 e. The van der Waals surface area contributed by atoms with Gasteiger partial charge in [0.15, 0.2) is 0 Å². The second-order valence-corrected chi connectivity index (χ2v) is 6.87. The molecule has 0 aliphatic carbocycles. The minimum absolute atomic E-state index is 0.732. The molecule has 1 aliphatic heterocycles. The Balaban J connectivity index is 1.79. The molecule has 0 aromatic heterocycles. The molecule has 0 bridgehead atoms. The molecule has 0 spiro atoms. The summed E-state index contributed by atoms with van der Waals surface area (Å²) in [6, 6.07) is 20.2. The van der Waals surface area contributed by atoms with Gasteiger partial charge >= 0.3 is 0 Å². The van der Waals surface area contributed by atoms with Crippen molar-refractivity contribution in [2.24, 2.45) is 5.92 Å². The Bertz CT molecular complexity index is 548. The SMILES string of the molecule is CC1CCN(CCC(O)(c2ccccc2)c2ccccc2)CC1. The Morgan fingerprint density at radius 1 is 0.913 bits per heavy atom. The van der Waals surface area contributed by atoms with Crippen LogP contribution in [-0.4, -0.2) is 29.6 Å². The molecule has 2 aromatic rings. The standard InChI is InChI=1S/C21H27NO/c1-18-12-15-22(16-13-18)17-14-21(23,19-8-4-2-5-9-19)20-10-6-3-7-11-20/h2-11,18,23H,12-17H2,1H3. The van der Waals surface area contributed by atoms with Crippen molar-refractivity contribution in [2.75, 3.05) is 19.6 Å². The van der Waals surface area contributed by atoms with Gasteiger partial charge in [0.1, 0.15) is 5.60 Å². The van der Waals surface area contributed by atoms with Crippen molar-refractivity contribution < 1.29 is 5.11 Å². The Morgan fingerprint density at radius 3 is 1.87 bits per heavy atom. The van der Waals surface area contributed by atoms with Crippen LogP contribution in [0, 0.1) is 5.92 Å². The predicted molar refractivity (Wildman–Crippen MR) is 95.3 cm³/mol. The second kappa shape index (κ2) is 7.29. The predicted octanol–water partition coefficient (Wildman–Crippen LogP) is 4.04. The maximum absolute atomic E-state index is 11.5. The molecule has 23 heavy (non-hydrogen) atoms. The summed E-state index contributed by atoms with van der Waals surface area (Å²) in [5.41, 5.74) is 1.05. The monoisotopic (exact) mass is 309 g/mol. The zero-order valence-electron chi connectivity index (χ0n) is 14.0. The van der Waals surface area contributed by atoms with Crippen molar-refractivity contribution in [3.8, 4) is 0 Å². The molecule has 1 saturated heterocycles. The molecule has 2 aromatic carbocycles. The molecule has 0 radical (unpaired) electrons. The molecular formula is C21H27NO. The molecule has 1 N–H and O–H groups in total. The second-order valence-electron chi connectivity index (χ2n) is 6.87. The van der Waals surface area contributed by atoms with Crippen LogP contribution in [0.1, 0.15) is 37.3 Å². The fourth-order valence-corrected chi connectivity index (χ4v) is 3.49. The zero-order valence-corrected chi connectivity index (χ0v) is 14.0. The maximum Gasteiger partial charge on any atom is 0.116 e. The van der Waals surface area contributed by atoms with Crippen LogP contribution in [0.25, 0.3) is 0 Å². The first-order chi connectivity index (χ1) is 11.2. The maximum atomic E-state index is 11.5. The lowest BCUT2D eigenvalue weighted by molar-refractivity contribution is 0.0522. The van der Waals surface area contributed by atoms with Crippen LogP contribution >= 0.6 is 0 Å². The first kappa shape index (κ1) is 16.2. The van der Waals surface area contributed by atoms with Gasteiger partial charge < -0.3 is 10.0 Å². The van der Waals surface area contributed by atoms with Gasteiger partial charge in [-0.25, -0.2) is 0 Å². The van der Waals surface area contributed by atoms with E-state index in [0.717, 1.165) is 43.1 Å². The molecule has 1 aliphatic rings. The molecule has 0 atom stereocenters. The van der Waals surface area contributed by atoms with Crippen molar-refractivity contribution in [3.63, 3.8) is 0 Å². The number of rotatable bonds is 5. The normalized spacial score (nSPS) is 17.3. The highest BCUT2D eigenvalue weighted by Crippen LogP contribution is 2.33. The summed E-state index contributed by atoms with van der Waals surface area (Å²) in [7, 11) is 0. The van der Waals surface area contributed by atoms with E-state index >= 15 is 0 Å². The van der Waals surface area contributed by atoms with Crippen molar-refractivity contribution in [1.82, 2.24) is 4.90 Å². The van der Waals surface area contributed by atoms with Gasteiger partial charge in [0.05, 0.1) is 0 Å². The average molecular weight is 309 g/mol. The van der Waals surface area contributed by atoms with Crippen LogP contribution in [0.15, 0.2) is 60.7 Å². The third kappa shape index (κ3) is 3.82. The lowest BCUT2D eigenvalue weighted by Crippen LogP contribution is -2.38. The molecule has 2 nitrogen and oxygen atoms in total. The molecule has 0 saturated carbocycles. The van der Waals surface area contributed by atoms with Gasteiger partial charge in [0.25, 0.3) is 0 Å². The summed E-state index contributed by atoms with van der Waals surface area (Å²) in [5, 5.41) is 11.5. The minimum Gasteiger partial charge on any atom is -0.380 e. The van der Waals surface area contributed by atoms with E-state index in [2.05, 4.69) is 11.8 Å². The van der Waals surface area contributed by atoms with E-state index in [4.69, 9.17) is 0 Å². The Morgan fingerprint density at radius 2 is 1.39 bits per heavy atom. The molecule has 0 amide bonds. The zero-order chi connectivity index (χ0) is 16.1. The summed E-state index contributed by atoms with van der Waals surface area (Å²) in [6.45, 7) is 5.58. The van der Waals surface area contributed by atoms with E-state index in [1.807, 2.05) is 60.7 Å². The van der Waals surface area contributed by atoms with Gasteiger partial charge in [-0.2, -0.15) is 0 Å². The number of nitrogens with zero attached hydrogens (tertiary/aromatic N) is 1. The summed E-state index contributed by atoms with van der Waals surface area (Å²) < 4.78 is 0. The van der Waals surface area contributed by atoms with Crippen LogP contribution in [0.2, 0.25) is 0 Å². The van der Waals surface area contributed by atoms with Gasteiger partial charge in [0.2, 0.25) is 0 Å². The molecule has 1 fully saturated rings. The number of likely N-dealkylation sites (tertiary alicyclic amines) is 1. The minimum atomic E-state index is -0.911. The van der Waals surface area contributed by atoms with Crippen LogP contribution < -0.4 is 0 Å². The smallest absolute Gasteiger partial charge is 0.116 e. The van der Waals surface area contributed by atoms with Crippen LogP contribution in [-0.2, 0) is 5.60 Å². The van der Waals surface area contributed by atoms with Gasteiger partial charge in [-0.15, -0.1) is 0 Å². The van der Waals surface area contributed by atoms with Crippen molar-refractivity contribution in [1.29, 1.82) is 0 Å². The van der Waals surface area contributed by atoms with E-state index in [0.29, 0.717) is 0 Å². The van der Waals surface area contributed by atoms with Crippen molar-refractivity contribution in [2.45, 2.75) is 31.8 Å². The van der Waals surface area contributed by atoms with Crippen molar-refractivity contribution >= 4 is 0 Å². The van der Waals surface area contributed by atoms with Gasteiger partial charge in [-0.05, 0) is 49.4 Å². The third-order valence-corrected chi connectivity index (χ3v) is 5.17. The van der Waals surface area contributed by atoms with Gasteiger partial charge in [0, 0.05) is 6.54 Å². The summed E-state index contributed by atoms with van der Waals surface area (Å²) in [5.74, 6) is 0.841. The lowest BCUT2D eigenvalue weighted by atomic mass is 9.83. The van der Waals surface area contributed by atoms with Gasteiger partial charge in [-0.1, -0.05) is 67.6 Å². The number of benzene rings is 2. The highest BCUT2D eigenvalue weighted by molar-refractivity contribution is 5.35. The Hall–Kier alpha value is -1.64. The Kier molecular flexibility index (Phi) is 5.14. The molecule has 2 heteroatoms. The lowest BCUT2D eigenvalue weighted by Gasteiger charge is -2.35. The highest BCUT2D eigenvalue weighted by atomic mass is 16.3. The van der Waals surface area contributed by atoms with Crippen LogP contribution in [0.3, 0.4) is 0 Å². The van der Waals surface area contributed by atoms with Crippen molar-refractivity contribution in [3.05, 3.63) is 71.8 Å². The quantitative estimate of drug-likeness (QED) is 0.901. The highest BCUT2D eigenvalue weighted by Gasteiger charge is 2.32. The molecule has 0 unspecified atom stereocenters. The number of aliphatic hydroxyl groups is 1. The van der Waals surface area contributed by atoms with E-state index in [9.17, 15) is 5.11 Å². The molecule has 3 rings (SSSR count).